The second kappa shape index (κ2) is 5.65. The number of nitrogens with one attached hydrogen (secondary N) is 2. The number of hydrogen-bond donors (Lipinski definition) is 3. The van der Waals surface area contributed by atoms with E-state index in [1.165, 1.54) is 0 Å². The SMILES string of the molecule is CNC(=O)Cc1ccc(-n2c(N)c3c(cc2=O)C(=O)NC3=O)cc1. The lowest BCUT2D eigenvalue weighted by atomic mass is 10.1. The van der Waals surface area contributed by atoms with Gasteiger partial charge in [0.15, 0.2) is 0 Å². The van der Waals surface area contributed by atoms with Crippen LogP contribution in [0.25, 0.3) is 5.69 Å². The first-order chi connectivity index (χ1) is 11.4. The van der Waals surface area contributed by atoms with E-state index in [0.29, 0.717) is 5.69 Å². The van der Waals surface area contributed by atoms with Crippen LogP contribution in [0.4, 0.5) is 5.82 Å². The molecule has 8 heteroatoms. The fourth-order valence-corrected chi connectivity index (χ4v) is 2.58. The summed E-state index contributed by atoms with van der Waals surface area (Å²) in [5, 5.41) is 4.64. The van der Waals surface area contributed by atoms with Crippen LogP contribution in [-0.2, 0) is 11.2 Å². The Morgan fingerprint density at radius 3 is 2.46 bits per heavy atom. The summed E-state index contributed by atoms with van der Waals surface area (Å²) in [6.07, 6.45) is 0.211. The first-order valence-electron chi connectivity index (χ1n) is 7.13. The van der Waals surface area contributed by atoms with E-state index in [9.17, 15) is 19.2 Å². The van der Waals surface area contributed by atoms with Crippen molar-refractivity contribution in [1.82, 2.24) is 15.2 Å². The van der Waals surface area contributed by atoms with Gasteiger partial charge in [-0.25, -0.2) is 0 Å². The Bertz CT molecular complexity index is 928. The molecule has 1 aliphatic heterocycles. The predicted octanol–water partition coefficient (Wildman–Crippen LogP) is -0.408. The average Bonchev–Trinajstić information content (AvgIpc) is 2.83. The standard InChI is InChI=1S/C16H14N4O4/c1-18-11(21)6-8-2-4-9(5-3-8)20-12(22)7-10-13(14(20)17)16(24)19-15(10)23/h2-5,7H,6,17H2,1H3,(H,18,21)(H,19,23,24). The molecule has 1 aliphatic rings. The molecule has 24 heavy (non-hydrogen) atoms. The summed E-state index contributed by atoms with van der Waals surface area (Å²) in [5.41, 5.74) is 6.60. The van der Waals surface area contributed by atoms with E-state index in [4.69, 9.17) is 5.73 Å². The number of pyridine rings is 1. The van der Waals surface area contributed by atoms with E-state index in [-0.39, 0.29) is 29.3 Å². The minimum atomic E-state index is -0.633. The molecule has 2 aromatic rings. The van der Waals surface area contributed by atoms with Crippen molar-refractivity contribution in [2.75, 3.05) is 12.8 Å². The van der Waals surface area contributed by atoms with E-state index in [2.05, 4.69) is 10.6 Å². The second-order valence-corrected chi connectivity index (χ2v) is 5.29. The molecule has 0 spiro atoms. The van der Waals surface area contributed by atoms with Gasteiger partial charge in [0.2, 0.25) is 5.91 Å². The summed E-state index contributed by atoms with van der Waals surface area (Å²) in [6.45, 7) is 0. The first-order valence-corrected chi connectivity index (χ1v) is 7.13. The topological polar surface area (TPSA) is 123 Å². The maximum atomic E-state index is 12.3. The van der Waals surface area contributed by atoms with Crippen molar-refractivity contribution in [1.29, 1.82) is 0 Å². The van der Waals surface area contributed by atoms with Crippen molar-refractivity contribution in [3.05, 3.63) is 57.4 Å². The zero-order valence-electron chi connectivity index (χ0n) is 12.8. The van der Waals surface area contributed by atoms with Gasteiger partial charge in [0.05, 0.1) is 23.2 Å². The largest absolute Gasteiger partial charge is 0.384 e. The number of hydrogen-bond acceptors (Lipinski definition) is 5. The fraction of sp³-hybridized carbons (Fsp3) is 0.125. The lowest BCUT2D eigenvalue weighted by molar-refractivity contribution is -0.119. The number of carbonyl (C=O) groups excluding carboxylic acids is 3. The Balaban J connectivity index is 2.06. The first kappa shape index (κ1) is 15.5. The average molecular weight is 326 g/mol. The molecule has 0 unspecified atom stereocenters. The Morgan fingerprint density at radius 2 is 1.83 bits per heavy atom. The Kier molecular flexibility index (Phi) is 3.64. The van der Waals surface area contributed by atoms with Crippen molar-refractivity contribution in [3.63, 3.8) is 0 Å². The van der Waals surface area contributed by atoms with Crippen molar-refractivity contribution < 1.29 is 14.4 Å². The van der Waals surface area contributed by atoms with Gasteiger partial charge in [-0.1, -0.05) is 12.1 Å². The number of carbonyl (C=O) groups is 3. The lowest BCUT2D eigenvalue weighted by Gasteiger charge is -2.12. The third-order valence-corrected chi connectivity index (χ3v) is 3.79. The quantitative estimate of drug-likeness (QED) is 0.662. The minimum Gasteiger partial charge on any atom is -0.384 e. The van der Waals surface area contributed by atoms with Crippen molar-refractivity contribution in [3.8, 4) is 5.69 Å². The highest BCUT2D eigenvalue weighted by Gasteiger charge is 2.31. The lowest BCUT2D eigenvalue weighted by Crippen LogP contribution is -2.24. The van der Waals surface area contributed by atoms with Crippen LogP contribution in [-0.4, -0.2) is 29.3 Å². The van der Waals surface area contributed by atoms with Gasteiger partial charge in [-0.3, -0.25) is 29.1 Å². The molecule has 4 N–H and O–H groups in total. The van der Waals surface area contributed by atoms with Crippen molar-refractivity contribution in [2.24, 2.45) is 0 Å². The van der Waals surface area contributed by atoms with Gasteiger partial charge in [-0.15, -0.1) is 0 Å². The molecule has 3 amide bonds. The Hall–Kier alpha value is -3.42. The van der Waals surface area contributed by atoms with Crippen LogP contribution < -0.4 is 21.9 Å². The number of fused-ring (bicyclic) bond motifs is 1. The molecular weight excluding hydrogens is 312 g/mol. The van der Waals surface area contributed by atoms with Crippen LogP contribution in [0.3, 0.4) is 0 Å². The number of nitrogens with zero attached hydrogens (tertiary/aromatic N) is 1. The highest BCUT2D eigenvalue weighted by atomic mass is 16.2. The van der Waals surface area contributed by atoms with Gasteiger partial charge >= 0.3 is 0 Å². The zero-order valence-corrected chi connectivity index (χ0v) is 12.8. The maximum absolute atomic E-state index is 12.3. The summed E-state index contributed by atoms with van der Waals surface area (Å²) >= 11 is 0. The zero-order chi connectivity index (χ0) is 17.4. The predicted molar refractivity (Wildman–Crippen MR) is 86.0 cm³/mol. The summed E-state index contributed by atoms with van der Waals surface area (Å²) in [4.78, 5) is 47.1. The molecule has 0 saturated heterocycles. The van der Waals surface area contributed by atoms with Crippen LogP contribution in [0.5, 0.6) is 0 Å². The Labute approximate surface area is 136 Å². The van der Waals surface area contributed by atoms with Crippen molar-refractivity contribution >= 4 is 23.5 Å². The molecular formula is C16H14N4O4. The smallest absolute Gasteiger partial charge is 0.262 e. The molecule has 8 nitrogen and oxygen atoms in total. The third kappa shape index (κ3) is 2.43. The number of nitrogens with two attached hydrogens (primary N) is 1. The number of nitrogen functional groups attached to an aromatic ring is 1. The molecule has 0 bridgehead atoms. The summed E-state index contributed by atoms with van der Waals surface area (Å²) in [7, 11) is 1.55. The number of likely N-dealkylation sites (N-methyl/N-ethyl adjacent to an activating group) is 1. The van der Waals surface area contributed by atoms with Crippen molar-refractivity contribution in [2.45, 2.75) is 6.42 Å². The molecule has 1 aromatic heterocycles. The van der Waals surface area contributed by atoms with Gasteiger partial charge in [-0.2, -0.15) is 0 Å². The molecule has 0 radical (unpaired) electrons. The highest BCUT2D eigenvalue weighted by Crippen LogP contribution is 2.22. The minimum absolute atomic E-state index is 0.00552. The molecule has 0 atom stereocenters. The van der Waals surface area contributed by atoms with E-state index >= 15 is 0 Å². The molecule has 122 valence electrons. The normalized spacial score (nSPS) is 12.7. The fourth-order valence-electron chi connectivity index (χ4n) is 2.58. The summed E-state index contributed by atoms with van der Waals surface area (Å²) in [6, 6.07) is 7.71. The Morgan fingerprint density at radius 1 is 1.17 bits per heavy atom. The summed E-state index contributed by atoms with van der Waals surface area (Å²) in [5.74, 6) is -1.49. The van der Waals surface area contributed by atoms with Gasteiger partial charge in [0, 0.05) is 13.1 Å². The number of aromatic nitrogens is 1. The molecule has 2 heterocycles. The summed E-state index contributed by atoms with van der Waals surface area (Å²) < 4.78 is 1.15. The van der Waals surface area contributed by atoms with E-state index in [1.54, 1.807) is 31.3 Å². The third-order valence-electron chi connectivity index (χ3n) is 3.79. The number of benzene rings is 1. The molecule has 1 aromatic carbocycles. The van der Waals surface area contributed by atoms with Gasteiger partial charge in [0.25, 0.3) is 17.4 Å². The maximum Gasteiger partial charge on any atom is 0.262 e. The van der Waals surface area contributed by atoms with E-state index < -0.39 is 17.4 Å². The van der Waals surface area contributed by atoms with Gasteiger partial charge in [-0.05, 0) is 17.7 Å². The van der Waals surface area contributed by atoms with Gasteiger partial charge < -0.3 is 11.1 Å². The number of imide groups is 1. The van der Waals surface area contributed by atoms with Crippen LogP contribution >= 0.6 is 0 Å². The van der Waals surface area contributed by atoms with Crippen LogP contribution in [0.1, 0.15) is 26.3 Å². The van der Waals surface area contributed by atoms with Crippen LogP contribution in [0, 0.1) is 0 Å². The monoisotopic (exact) mass is 326 g/mol. The molecule has 0 aliphatic carbocycles. The highest BCUT2D eigenvalue weighted by molar-refractivity contribution is 6.23. The molecule has 3 rings (SSSR count). The van der Waals surface area contributed by atoms with Gasteiger partial charge in [0.1, 0.15) is 5.82 Å². The second-order valence-electron chi connectivity index (χ2n) is 5.29. The molecule has 0 fully saturated rings. The number of rotatable bonds is 3. The van der Waals surface area contributed by atoms with Crippen LogP contribution in [0.15, 0.2) is 35.1 Å². The van der Waals surface area contributed by atoms with E-state index in [0.717, 1.165) is 16.2 Å². The number of anilines is 1. The van der Waals surface area contributed by atoms with Crippen LogP contribution in [0.2, 0.25) is 0 Å². The molecule has 0 saturated carbocycles. The van der Waals surface area contributed by atoms with E-state index in [1.807, 2.05) is 0 Å². The number of amides is 3.